The zero-order valence-electron chi connectivity index (χ0n) is 20.1. The molecule has 1 heterocycles. The Balaban J connectivity index is 2.16. The van der Waals surface area contributed by atoms with Crippen molar-refractivity contribution in [1.29, 1.82) is 0 Å². The fourth-order valence-electron chi connectivity index (χ4n) is 3.84. The summed E-state index contributed by atoms with van der Waals surface area (Å²) >= 11 is 0. The number of hydrogen-bond donors (Lipinski definition) is 1. The highest BCUT2D eigenvalue weighted by Gasteiger charge is 2.46. The average Bonchev–Trinajstić information content (AvgIpc) is 3.02. The maximum absolute atomic E-state index is 13.1. The van der Waals surface area contributed by atoms with Crippen molar-refractivity contribution >= 4 is 17.4 Å². The summed E-state index contributed by atoms with van der Waals surface area (Å²) in [6.07, 6.45) is -0.0444. The van der Waals surface area contributed by atoms with Gasteiger partial charge in [-0.15, -0.1) is 0 Å². The first-order valence-corrected chi connectivity index (χ1v) is 11.0. The molecule has 0 aromatic heterocycles. The third-order valence-electron chi connectivity index (χ3n) is 5.52. The van der Waals surface area contributed by atoms with E-state index in [2.05, 4.69) is 0 Å². The van der Waals surface area contributed by atoms with Gasteiger partial charge >= 0.3 is 0 Å². The van der Waals surface area contributed by atoms with E-state index in [0.717, 1.165) is 5.56 Å². The molecule has 1 atom stereocenters. The number of nitrogens with zero attached hydrogens (tertiary/aromatic N) is 2. The number of ketones is 1. The molecule has 176 valence electrons. The van der Waals surface area contributed by atoms with E-state index in [0.29, 0.717) is 35.7 Å². The second-order valence-corrected chi connectivity index (χ2v) is 8.74. The number of aliphatic hydroxyl groups excluding tert-OH is 1. The molecule has 1 amide bonds. The molecule has 7 heteroatoms. The lowest BCUT2D eigenvalue weighted by molar-refractivity contribution is -0.140. The molecule has 0 radical (unpaired) electrons. The van der Waals surface area contributed by atoms with Crippen LogP contribution in [0.1, 0.15) is 36.6 Å². The number of likely N-dealkylation sites (N-methyl/N-ethyl adjacent to an activating group) is 1. The van der Waals surface area contributed by atoms with Crippen LogP contribution in [0.3, 0.4) is 0 Å². The van der Waals surface area contributed by atoms with E-state index in [1.807, 2.05) is 58.0 Å². The van der Waals surface area contributed by atoms with E-state index in [1.165, 1.54) is 4.90 Å². The molecule has 0 saturated carbocycles. The van der Waals surface area contributed by atoms with Gasteiger partial charge in [0, 0.05) is 18.7 Å². The molecule has 0 spiro atoms. The number of likely N-dealkylation sites (tertiary alicyclic amines) is 1. The normalized spacial score (nSPS) is 17.8. The summed E-state index contributed by atoms with van der Waals surface area (Å²) in [5.74, 6) is -0.447. The number of Topliss-reactive ketones (excluding diaryl/α,β-unsaturated/α-hetero) is 1. The Morgan fingerprint density at radius 1 is 1.09 bits per heavy atom. The summed E-state index contributed by atoms with van der Waals surface area (Å²) in [4.78, 5) is 29.6. The lowest BCUT2D eigenvalue weighted by atomic mass is 9.94. The topological polar surface area (TPSA) is 79.3 Å². The highest BCUT2D eigenvalue weighted by molar-refractivity contribution is 6.46. The first kappa shape index (κ1) is 24.3. The number of hydrogen-bond acceptors (Lipinski definition) is 6. The maximum atomic E-state index is 13.1. The van der Waals surface area contributed by atoms with E-state index in [9.17, 15) is 14.7 Å². The van der Waals surface area contributed by atoms with E-state index >= 15 is 0 Å². The zero-order valence-corrected chi connectivity index (χ0v) is 20.1. The summed E-state index contributed by atoms with van der Waals surface area (Å²) in [5, 5.41) is 11.1. The quantitative estimate of drug-likeness (QED) is 0.373. The van der Waals surface area contributed by atoms with Crippen LogP contribution in [0.25, 0.3) is 5.76 Å². The maximum Gasteiger partial charge on any atom is 0.295 e. The summed E-state index contributed by atoms with van der Waals surface area (Å²) in [6, 6.07) is 11.8. The molecule has 0 aliphatic carbocycles. The van der Waals surface area contributed by atoms with Gasteiger partial charge in [0.1, 0.15) is 5.76 Å². The molecular weight excluding hydrogens is 420 g/mol. The van der Waals surface area contributed by atoms with Crippen molar-refractivity contribution in [3.8, 4) is 11.5 Å². The molecule has 2 aromatic rings. The van der Waals surface area contributed by atoms with Gasteiger partial charge in [-0.05, 0) is 52.6 Å². The van der Waals surface area contributed by atoms with Crippen molar-refractivity contribution < 1.29 is 24.2 Å². The lowest BCUT2D eigenvalue weighted by Crippen LogP contribution is -2.35. The Morgan fingerprint density at radius 2 is 1.76 bits per heavy atom. The smallest absolute Gasteiger partial charge is 0.295 e. The molecule has 1 aliphatic heterocycles. The minimum absolute atomic E-state index is 0.0444. The minimum atomic E-state index is -0.742. The number of aliphatic hydroxyl groups is 1. The van der Waals surface area contributed by atoms with Crippen LogP contribution in [-0.4, -0.2) is 67.0 Å². The summed E-state index contributed by atoms with van der Waals surface area (Å²) in [7, 11) is 5.35. The van der Waals surface area contributed by atoms with Crippen LogP contribution in [0.5, 0.6) is 11.5 Å². The number of rotatable bonds is 8. The SMILES string of the molecule is COc1cc(C2/C(=C(/O)c3ccc(C)cc3)C(=O)C(=O)N2CCN(C)C)ccc1OC(C)C. The number of amides is 1. The Kier molecular flexibility index (Phi) is 7.43. The third-order valence-corrected chi connectivity index (χ3v) is 5.52. The highest BCUT2D eigenvalue weighted by atomic mass is 16.5. The van der Waals surface area contributed by atoms with E-state index in [1.54, 1.807) is 31.4 Å². The number of methoxy groups -OCH3 is 1. The second kappa shape index (κ2) is 10.1. The fourth-order valence-corrected chi connectivity index (χ4v) is 3.84. The van der Waals surface area contributed by atoms with Gasteiger partial charge in [0.15, 0.2) is 11.5 Å². The molecule has 1 aliphatic rings. The van der Waals surface area contributed by atoms with Crippen LogP contribution in [-0.2, 0) is 9.59 Å². The predicted octanol–water partition coefficient (Wildman–Crippen LogP) is 3.77. The molecule has 2 aromatic carbocycles. The van der Waals surface area contributed by atoms with E-state index < -0.39 is 17.7 Å². The Morgan fingerprint density at radius 3 is 2.33 bits per heavy atom. The van der Waals surface area contributed by atoms with Crippen LogP contribution in [0.15, 0.2) is 48.0 Å². The Labute approximate surface area is 195 Å². The van der Waals surface area contributed by atoms with Gasteiger partial charge in [-0.2, -0.15) is 0 Å². The van der Waals surface area contributed by atoms with Crippen molar-refractivity contribution in [1.82, 2.24) is 9.80 Å². The van der Waals surface area contributed by atoms with Gasteiger partial charge in [0.05, 0.1) is 24.8 Å². The molecule has 1 unspecified atom stereocenters. The van der Waals surface area contributed by atoms with Crippen molar-refractivity contribution in [2.24, 2.45) is 0 Å². The molecule has 33 heavy (non-hydrogen) atoms. The summed E-state index contributed by atoms with van der Waals surface area (Å²) in [5.41, 5.74) is 2.25. The molecule has 1 fully saturated rings. The van der Waals surface area contributed by atoms with E-state index in [4.69, 9.17) is 9.47 Å². The largest absolute Gasteiger partial charge is 0.507 e. The minimum Gasteiger partial charge on any atom is -0.507 e. The Bertz CT molecular complexity index is 1060. The number of aryl methyl sites for hydroxylation is 1. The lowest BCUT2D eigenvalue weighted by Gasteiger charge is -2.27. The van der Waals surface area contributed by atoms with Crippen LogP contribution in [0, 0.1) is 6.92 Å². The molecule has 7 nitrogen and oxygen atoms in total. The highest BCUT2D eigenvalue weighted by Crippen LogP contribution is 2.42. The average molecular weight is 453 g/mol. The standard InChI is InChI=1S/C26H32N2O5/c1-16(2)33-20-12-11-19(15-21(20)32-6)23-22(24(29)18-9-7-17(3)8-10-18)25(30)26(31)28(23)14-13-27(4)5/h7-12,15-16,23,29H,13-14H2,1-6H3/b24-22-. The fraction of sp³-hybridized carbons (Fsp3) is 0.385. The third kappa shape index (κ3) is 5.20. The predicted molar refractivity (Wildman–Crippen MR) is 128 cm³/mol. The van der Waals surface area contributed by atoms with Gasteiger partial charge in [-0.25, -0.2) is 0 Å². The first-order valence-electron chi connectivity index (χ1n) is 11.0. The van der Waals surface area contributed by atoms with E-state index in [-0.39, 0.29) is 17.4 Å². The van der Waals surface area contributed by atoms with Gasteiger partial charge in [-0.3, -0.25) is 9.59 Å². The summed E-state index contributed by atoms with van der Waals surface area (Å²) < 4.78 is 11.3. The second-order valence-electron chi connectivity index (χ2n) is 8.74. The number of carbonyl (C=O) groups is 2. The van der Waals surface area contributed by atoms with Crippen LogP contribution >= 0.6 is 0 Å². The van der Waals surface area contributed by atoms with Crippen molar-refractivity contribution in [2.45, 2.75) is 32.9 Å². The van der Waals surface area contributed by atoms with Crippen molar-refractivity contribution in [2.75, 3.05) is 34.3 Å². The zero-order chi connectivity index (χ0) is 24.3. The molecule has 1 N–H and O–H groups in total. The number of ether oxygens (including phenoxy) is 2. The first-order chi connectivity index (χ1) is 15.6. The van der Waals surface area contributed by atoms with Crippen LogP contribution in [0.4, 0.5) is 0 Å². The molecule has 0 bridgehead atoms. The number of benzene rings is 2. The monoisotopic (exact) mass is 452 g/mol. The Hall–Kier alpha value is -3.32. The van der Waals surface area contributed by atoms with Gasteiger partial charge in [0.25, 0.3) is 11.7 Å². The number of carbonyl (C=O) groups excluding carboxylic acids is 2. The molecular formula is C26H32N2O5. The van der Waals surface area contributed by atoms with Crippen LogP contribution < -0.4 is 9.47 Å². The van der Waals surface area contributed by atoms with Crippen molar-refractivity contribution in [3.63, 3.8) is 0 Å². The van der Waals surface area contributed by atoms with Crippen LogP contribution in [0.2, 0.25) is 0 Å². The summed E-state index contributed by atoms with van der Waals surface area (Å²) in [6.45, 7) is 6.69. The van der Waals surface area contributed by atoms with Crippen molar-refractivity contribution in [3.05, 3.63) is 64.7 Å². The molecule has 1 saturated heterocycles. The molecule has 3 rings (SSSR count). The van der Waals surface area contributed by atoms with Gasteiger partial charge < -0.3 is 24.4 Å². The van der Waals surface area contributed by atoms with Gasteiger partial charge in [-0.1, -0.05) is 35.9 Å². The van der Waals surface area contributed by atoms with Gasteiger partial charge in [0.2, 0.25) is 0 Å².